The molecule has 1 N–H and O–H groups in total. The maximum atomic E-state index is 12.7. The molecule has 7 heteroatoms. The molecule has 2 aromatic heterocycles. The summed E-state index contributed by atoms with van der Waals surface area (Å²) in [4.78, 5) is 26.3. The highest BCUT2D eigenvalue weighted by Crippen LogP contribution is 2.48. The number of hydrogen-bond acceptors (Lipinski definition) is 5. The normalized spacial score (nSPS) is 21.6. The molecule has 0 aliphatic heterocycles. The van der Waals surface area contributed by atoms with Gasteiger partial charge in [0, 0.05) is 24.0 Å². The molecule has 2 atom stereocenters. The molecule has 0 radical (unpaired) electrons. The number of aromatic nitrogens is 2. The predicted octanol–water partition coefficient (Wildman–Crippen LogP) is 3.28. The van der Waals surface area contributed by atoms with Crippen LogP contribution >= 0.6 is 11.3 Å². The van der Waals surface area contributed by atoms with E-state index in [1.165, 1.54) is 18.4 Å². The smallest absolute Gasteiger partial charge is 0.341 e. The van der Waals surface area contributed by atoms with Crippen LogP contribution in [0.25, 0.3) is 0 Å². The summed E-state index contributed by atoms with van der Waals surface area (Å²) in [5, 5.41) is 7.86. The van der Waals surface area contributed by atoms with E-state index in [0.717, 1.165) is 43.2 Å². The number of thiophene rings is 1. The Morgan fingerprint density at radius 2 is 2.12 bits per heavy atom. The first-order chi connectivity index (χ1) is 12.6. The quantitative estimate of drug-likeness (QED) is 0.659. The van der Waals surface area contributed by atoms with E-state index < -0.39 is 0 Å². The summed E-state index contributed by atoms with van der Waals surface area (Å²) in [5.41, 5.74) is 2.75. The average Bonchev–Trinajstić information content (AvgIpc) is 3.28. The number of hydrogen-bond donors (Lipinski definition) is 1. The van der Waals surface area contributed by atoms with Crippen LogP contribution in [0.3, 0.4) is 0 Å². The Balaban J connectivity index is 1.54. The molecule has 0 unspecified atom stereocenters. The van der Waals surface area contributed by atoms with Gasteiger partial charge in [0.1, 0.15) is 5.00 Å². The van der Waals surface area contributed by atoms with E-state index in [-0.39, 0.29) is 23.7 Å². The van der Waals surface area contributed by atoms with Crippen molar-refractivity contribution in [3.05, 3.63) is 34.0 Å². The Morgan fingerprint density at radius 3 is 2.85 bits per heavy atom. The number of nitrogens with zero attached hydrogens (tertiary/aromatic N) is 2. The fourth-order valence-corrected chi connectivity index (χ4v) is 5.12. The first-order valence-corrected chi connectivity index (χ1v) is 9.92. The van der Waals surface area contributed by atoms with Gasteiger partial charge in [-0.3, -0.25) is 9.48 Å². The van der Waals surface area contributed by atoms with Gasteiger partial charge in [0.15, 0.2) is 0 Å². The van der Waals surface area contributed by atoms with E-state index in [1.54, 1.807) is 16.0 Å². The van der Waals surface area contributed by atoms with Gasteiger partial charge in [0.05, 0.1) is 18.9 Å². The Hall–Kier alpha value is -2.15. The van der Waals surface area contributed by atoms with Gasteiger partial charge in [-0.05, 0) is 49.1 Å². The number of carbonyl (C=O) groups is 2. The third-order valence-corrected chi connectivity index (χ3v) is 6.53. The van der Waals surface area contributed by atoms with Gasteiger partial charge in [0.25, 0.3) is 0 Å². The van der Waals surface area contributed by atoms with E-state index >= 15 is 0 Å². The van der Waals surface area contributed by atoms with Gasteiger partial charge >= 0.3 is 5.97 Å². The van der Waals surface area contributed by atoms with Crippen molar-refractivity contribution < 1.29 is 14.3 Å². The van der Waals surface area contributed by atoms with Gasteiger partial charge in [0.2, 0.25) is 5.91 Å². The molecule has 1 fully saturated rings. The molecule has 2 aliphatic rings. The summed E-state index contributed by atoms with van der Waals surface area (Å²) in [6.45, 7) is 0. The van der Waals surface area contributed by atoms with Gasteiger partial charge in [-0.25, -0.2) is 4.79 Å². The third-order valence-electron chi connectivity index (χ3n) is 5.33. The lowest BCUT2D eigenvalue weighted by Gasteiger charge is -2.07. The molecule has 2 aromatic rings. The van der Waals surface area contributed by atoms with Crippen molar-refractivity contribution >= 4 is 28.2 Å². The number of anilines is 1. The maximum Gasteiger partial charge on any atom is 0.341 e. The van der Waals surface area contributed by atoms with Crippen LogP contribution in [0, 0.1) is 5.92 Å². The summed E-state index contributed by atoms with van der Waals surface area (Å²) < 4.78 is 6.76. The number of aryl methyl sites for hydroxylation is 2. The van der Waals surface area contributed by atoms with Crippen LogP contribution in [0.15, 0.2) is 12.4 Å². The highest BCUT2D eigenvalue weighted by Gasteiger charge is 2.45. The molecule has 2 aliphatic carbocycles. The molecule has 6 nitrogen and oxygen atoms in total. The van der Waals surface area contributed by atoms with Gasteiger partial charge in [-0.1, -0.05) is 6.42 Å². The average molecular weight is 373 g/mol. The molecule has 26 heavy (non-hydrogen) atoms. The number of amides is 1. The topological polar surface area (TPSA) is 73.2 Å². The van der Waals surface area contributed by atoms with E-state index in [4.69, 9.17) is 4.74 Å². The monoisotopic (exact) mass is 373 g/mol. The van der Waals surface area contributed by atoms with Crippen molar-refractivity contribution in [3.8, 4) is 0 Å². The number of fused-ring (bicyclic) bond motifs is 1. The standard InChI is InChI=1S/C19H23N3O3S/c1-22-10-11(9-20-22)13-8-14(13)17(23)21-18-16(19(24)25-2)12-6-4-3-5-7-15(12)26-18/h9-10,13-14H,3-8H2,1-2H3,(H,21,23)/t13-,14+/m0/s1. The Bertz CT molecular complexity index is 854. The molecule has 0 aromatic carbocycles. The second kappa shape index (κ2) is 6.87. The molecule has 0 saturated heterocycles. The van der Waals surface area contributed by atoms with Crippen LogP contribution in [0.2, 0.25) is 0 Å². The SMILES string of the molecule is COC(=O)c1c(NC(=O)[C@@H]2C[C@H]2c2cnn(C)c2)sc2c1CCCCC2. The molecule has 2 heterocycles. The minimum Gasteiger partial charge on any atom is -0.465 e. The summed E-state index contributed by atoms with van der Waals surface area (Å²) >= 11 is 1.54. The molecule has 0 bridgehead atoms. The lowest BCUT2D eigenvalue weighted by molar-refractivity contribution is -0.117. The first-order valence-electron chi connectivity index (χ1n) is 9.10. The number of ether oxygens (including phenoxy) is 1. The van der Waals surface area contributed by atoms with Gasteiger partial charge < -0.3 is 10.1 Å². The van der Waals surface area contributed by atoms with Crippen molar-refractivity contribution in [2.24, 2.45) is 13.0 Å². The predicted molar refractivity (Wildman–Crippen MR) is 99.6 cm³/mol. The lowest BCUT2D eigenvalue weighted by atomic mass is 10.1. The van der Waals surface area contributed by atoms with Gasteiger partial charge in [-0.2, -0.15) is 5.10 Å². The molecule has 0 spiro atoms. The van der Waals surface area contributed by atoms with Crippen LogP contribution in [-0.2, 0) is 29.4 Å². The van der Waals surface area contributed by atoms with Crippen LogP contribution < -0.4 is 5.32 Å². The van der Waals surface area contributed by atoms with E-state index in [1.807, 2.05) is 19.4 Å². The number of nitrogens with one attached hydrogen (secondary N) is 1. The zero-order valence-corrected chi connectivity index (χ0v) is 15.9. The summed E-state index contributed by atoms with van der Waals surface area (Å²) in [5.74, 6) is -0.186. The van der Waals surface area contributed by atoms with Crippen LogP contribution in [0.5, 0.6) is 0 Å². The van der Waals surface area contributed by atoms with Crippen molar-refractivity contribution in [2.45, 2.75) is 44.4 Å². The zero-order valence-electron chi connectivity index (χ0n) is 15.1. The second-order valence-corrected chi connectivity index (χ2v) is 8.25. The number of rotatable bonds is 4. The number of methoxy groups -OCH3 is 1. The van der Waals surface area contributed by atoms with E-state index in [2.05, 4.69) is 10.4 Å². The van der Waals surface area contributed by atoms with E-state index in [9.17, 15) is 9.59 Å². The van der Waals surface area contributed by atoms with Crippen molar-refractivity contribution in [1.82, 2.24) is 9.78 Å². The number of carbonyl (C=O) groups excluding carboxylic acids is 2. The lowest BCUT2D eigenvalue weighted by Crippen LogP contribution is -2.16. The highest BCUT2D eigenvalue weighted by atomic mass is 32.1. The van der Waals surface area contributed by atoms with Crippen molar-refractivity contribution in [1.29, 1.82) is 0 Å². The minimum absolute atomic E-state index is 0.0135. The Kier molecular flexibility index (Phi) is 4.56. The van der Waals surface area contributed by atoms with Crippen LogP contribution in [0.1, 0.15) is 58.0 Å². The third kappa shape index (κ3) is 3.16. The largest absolute Gasteiger partial charge is 0.465 e. The molecule has 1 amide bonds. The molecule has 4 rings (SSSR count). The fourth-order valence-electron chi connectivity index (χ4n) is 3.84. The second-order valence-electron chi connectivity index (χ2n) is 7.15. The Labute approximate surface area is 156 Å². The zero-order chi connectivity index (χ0) is 18.3. The summed E-state index contributed by atoms with van der Waals surface area (Å²) in [7, 11) is 3.27. The number of esters is 1. The molecular weight excluding hydrogens is 350 g/mol. The summed E-state index contributed by atoms with van der Waals surface area (Å²) in [6, 6.07) is 0. The molecule has 138 valence electrons. The fraction of sp³-hybridized carbons (Fsp3) is 0.526. The molecular formula is C19H23N3O3S. The van der Waals surface area contributed by atoms with Gasteiger partial charge in [-0.15, -0.1) is 11.3 Å². The maximum absolute atomic E-state index is 12.7. The minimum atomic E-state index is -0.348. The molecule has 1 saturated carbocycles. The van der Waals surface area contributed by atoms with Crippen molar-refractivity contribution in [2.75, 3.05) is 12.4 Å². The Morgan fingerprint density at radius 1 is 1.31 bits per heavy atom. The summed E-state index contributed by atoms with van der Waals surface area (Å²) in [6.07, 6.45) is 9.86. The van der Waals surface area contributed by atoms with Crippen molar-refractivity contribution in [3.63, 3.8) is 0 Å². The van der Waals surface area contributed by atoms with Crippen LogP contribution in [0.4, 0.5) is 5.00 Å². The van der Waals surface area contributed by atoms with Crippen LogP contribution in [-0.4, -0.2) is 28.8 Å². The van der Waals surface area contributed by atoms with E-state index in [0.29, 0.717) is 10.6 Å². The highest BCUT2D eigenvalue weighted by molar-refractivity contribution is 7.17. The first kappa shape index (κ1) is 17.3.